The average molecular weight is 696 g/mol. The molecule has 0 radical (unpaired) electrons. The SMILES string of the molecule is CCCCCCCCCOC(=O)CCCCC(C)CCN(CCO)CCCCCCCC(=O)OCCC(CCCCCC)CCCCCC. The molecule has 49 heavy (non-hydrogen) atoms. The summed E-state index contributed by atoms with van der Waals surface area (Å²) in [5, 5.41) is 9.57. The van der Waals surface area contributed by atoms with Gasteiger partial charge in [-0.2, -0.15) is 0 Å². The molecule has 1 unspecified atom stereocenters. The second-order valence-electron chi connectivity index (χ2n) is 15.1. The molecular weight excluding hydrogens is 610 g/mol. The van der Waals surface area contributed by atoms with Gasteiger partial charge in [0.2, 0.25) is 0 Å². The molecule has 0 spiro atoms. The van der Waals surface area contributed by atoms with E-state index in [4.69, 9.17) is 9.47 Å². The van der Waals surface area contributed by atoms with Gasteiger partial charge in [-0.05, 0) is 63.5 Å². The summed E-state index contributed by atoms with van der Waals surface area (Å²) in [7, 11) is 0. The van der Waals surface area contributed by atoms with Crippen molar-refractivity contribution in [2.45, 2.75) is 214 Å². The van der Waals surface area contributed by atoms with Gasteiger partial charge in [-0.3, -0.25) is 9.59 Å². The molecular formula is C43H85NO5. The van der Waals surface area contributed by atoms with E-state index in [1.54, 1.807) is 0 Å². The molecule has 0 amide bonds. The molecule has 0 rings (SSSR count). The molecule has 0 aromatic rings. The first kappa shape index (κ1) is 47.9. The van der Waals surface area contributed by atoms with Crippen LogP contribution in [0.3, 0.4) is 0 Å². The van der Waals surface area contributed by atoms with Gasteiger partial charge in [-0.1, -0.05) is 163 Å². The Morgan fingerprint density at radius 1 is 0.490 bits per heavy atom. The molecule has 0 heterocycles. The summed E-state index contributed by atoms with van der Waals surface area (Å²) in [6.07, 6.45) is 33.6. The molecule has 292 valence electrons. The number of nitrogens with zero attached hydrogens (tertiary/aromatic N) is 1. The Bertz CT molecular complexity index is 690. The van der Waals surface area contributed by atoms with Crippen molar-refractivity contribution in [3.05, 3.63) is 0 Å². The van der Waals surface area contributed by atoms with E-state index in [9.17, 15) is 14.7 Å². The van der Waals surface area contributed by atoms with Crippen molar-refractivity contribution in [3.8, 4) is 0 Å². The first-order valence-corrected chi connectivity index (χ1v) is 21.6. The van der Waals surface area contributed by atoms with Crippen LogP contribution in [0.1, 0.15) is 214 Å². The second kappa shape index (κ2) is 38.1. The highest BCUT2D eigenvalue weighted by molar-refractivity contribution is 5.69. The Morgan fingerprint density at radius 2 is 0.959 bits per heavy atom. The topological polar surface area (TPSA) is 76.1 Å². The highest BCUT2D eigenvalue weighted by Gasteiger charge is 2.12. The molecule has 1 N–H and O–H groups in total. The van der Waals surface area contributed by atoms with E-state index < -0.39 is 0 Å². The molecule has 6 heteroatoms. The van der Waals surface area contributed by atoms with Crippen LogP contribution in [0, 0.1) is 11.8 Å². The predicted octanol–water partition coefficient (Wildman–Crippen LogP) is 12.0. The number of hydrogen-bond acceptors (Lipinski definition) is 6. The zero-order valence-corrected chi connectivity index (χ0v) is 33.4. The van der Waals surface area contributed by atoms with Crippen molar-refractivity contribution in [1.82, 2.24) is 4.90 Å². The third-order valence-electron chi connectivity index (χ3n) is 10.3. The van der Waals surface area contributed by atoms with E-state index in [1.807, 2.05) is 0 Å². The third kappa shape index (κ3) is 35.1. The van der Waals surface area contributed by atoms with Crippen molar-refractivity contribution in [2.75, 3.05) is 39.5 Å². The van der Waals surface area contributed by atoms with Gasteiger partial charge in [-0.15, -0.1) is 0 Å². The van der Waals surface area contributed by atoms with Gasteiger partial charge < -0.3 is 19.5 Å². The number of rotatable bonds is 39. The second-order valence-corrected chi connectivity index (χ2v) is 15.1. The van der Waals surface area contributed by atoms with Crippen LogP contribution in [0.5, 0.6) is 0 Å². The summed E-state index contributed by atoms with van der Waals surface area (Å²) in [6, 6.07) is 0. The lowest BCUT2D eigenvalue weighted by molar-refractivity contribution is -0.145. The van der Waals surface area contributed by atoms with Crippen LogP contribution in [0.25, 0.3) is 0 Å². The van der Waals surface area contributed by atoms with Crippen LogP contribution in [0.2, 0.25) is 0 Å². The minimum Gasteiger partial charge on any atom is -0.466 e. The summed E-state index contributed by atoms with van der Waals surface area (Å²) in [5.74, 6) is 1.28. The van der Waals surface area contributed by atoms with Gasteiger partial charge >= 0.3 is 11.9 Å². The molecule has 0 aromatic carbocycles. The smallest absolute Gasteiger partial charge is 0.305 e. The van der Waals surface area contributed by atoms with Crippen molar-refractivity contribution in [2.24, 2.45) is 11.8 Å². The molecule has 1 atom stereocenters. The zero-order chi connectivity index (χ0) is 36.0. The molecule has 0 aliphatic heterocycles. The third-order valence-corrected chi connectivity index (χ3v) is 10.3. The summed E-state index contributed by atoms with van der Waals surface area (Å²) < 4.78 is 11.1. The quantitative estimate of drug-likeness (QED) is 0.0509. The number of carbonyl (C=O) groups is 2. The van der Waals surface area contributed by atoms with E-state index in [0.29, 0.717) is 37.9 Å². The van der Waals surface area contributed by atoms with Crippen molar-refractivity contribution >= 4 is 11.9 Å². The Morgan fingerprint density at radius 3 is 1.55 bits per heavy atom. The lowest BCUT2D eigenvalue weighted by Gasteiger charge is -2.23. The van der Waals surface area contributed by atoms with Gasteiger partial charge in [0.1, 0.15) is 0 Å². The number of aliphatic hydroxyl groups excluding tert-OH is 1. The van der Waals surface area contributed by atoms with Crippen molar-refractivity contribution < 1.29 is 24.2 Å². The zero-order valence-electron chi connectivity index (χ0n) is 33.4. The maximum absolute atomic E-state index is 12.3. The normalized spacial score (nSPS) is 12.2. The summed E-state index contributed by atoms with van der Waals surface area (Å²) >= 11 is 0. The number of aliphatic hydroxyl groups is 1. The lowest BCUT2D eigenvalue weighted by atomic mass is 9.92. The number of hydrogen-bond donors (Lipinski definition) is 1. The molecule has 0 saturated carbocycles. The van der Waals surface area contributed by atoms with E-state index in [-0.39, 0.29) is 18.5 Å². The summed E-state index contributed by atoms with van der Waals surface area (Å²) in [4.78, 5) is 26.8. The monoisotopic (exact) mass is 696 g/mol. The highest BCUT2D eigenvalue weighted by atomic mass is 16.5. The average Bonchev–Trinajstić information content (AvgIpc) is 3.09. The Balaban J connectivity index is 3.90. The van der Waals surface area contributed by atoms with Gasteiger partial charge in [0.05, 0.1) is 19.8 Å². The van der Waals surface area contributed by atoms with E-state index in [1.165, 1.54) is 109 Å². The fourth-order valence-corrected chi connectivity index (χ4v) is 6.80. The number of esters is 2. The molecule has 0 saturated heterocycles. The van der Waals surface area contributed by atoms with Crippen molar-refractivity contribution in [1.29, 1.82) is 0 Å². The maximum atomic E-state index is 12.3. The van der Waals surface area contributed by atoms with E-state index >= 15 is 0 Å². The number of unbranched alkanes of at least 4 members (excludes halogenated alkanes) is 17. The predicted molar refractivity (Wildman–Crippen MR) is 209 cm³/mol. The van der Waals surface area contributed by atoms with Gasteiger partial charge in [0.15, 0.2) is 0 Å². The van der Waals surface area contributed by atoms with Crippen LogP contribution < -0.4 is 0 Å². The van der Waals surface area contributed by atoms with E-state index in [2.05, 4.69) is 32.6 Å². The lowest BCUT2D eigenvalue weighted by Crippen LogP contribution is -2.30. The van der Waals surface area contributed by atoms with Crippen LogP contribution >= 0.6 is 0 Å². The molecule has 0 aliphatic carbocycles. The van der Waals surface area contributed by atoms with Crippen LogP contribution in [0.15, 0.2) is 0 Å². The molecule has 0 fully saturated rings. The van der Waals surface area contributed by atoms with Crippen LogP contribution in [-0.2, 0) is 19.1 Å². The molecule has 0 bridgehead atoms. The summed E-state index contributed by atoms with van der Waals surface area (Å²) in [5.41, 5.74) is 0. The fourth-order valence-electron chi connectivity index (χ4n) is 6.80. The van der Waals surface area contributed by atoms with Crippen molar-refractivity contribution in [3.63, 3.8) is 0 Å². The van der Waals surface area contributed by atoms with Gasteiger partial charge in [0.25, 0.3) is 0 Å². The van der Waals surface area contributed by atoms with Crippen LogP contribution in [-0.4, -0.2) is 61.4 Å². The Labute approximate surface area is 305 Å². The molecule has 0 aliphatic rings. The van der Waals surface area contributed by atoms with Gasteiger partial charge in [-0.25, -0.2) is 0 Å². The minimum atomic E-state index is -0.0343. The van der Waals surface area contributed by atoms with Gasteiger partial charge in [0, 0.05) is 19.4 Å². The first-order valence-electron chi connectivity index (χ1n) is 21.6. The van der Waals surface area contributed by atoms with Crippen LogP contribution in [0.4, 0.5) is 0 Å². The van der Waals surface area contributed by atoms with E-state index in [0.717, 1.165) is 83.8 Å². The Kier molecular flexibility index (Phi) is 37.2. The first-order chi connectivity index (χ1) is 24.0. The number of ether oxygens (including phenoxy) is 2. The fraction of sp³-hybridized carbons (Fsp3) is 0.953. The minimum absolute atomic E-state index is 0.0160. The largest absolute Gasteiger partial charge is 0.466 e. The maximum Gasteiger partial charge on any atom is 0.305 e. The summed E-state index contributed by atoms with van der Waals surface area (Å²) in [6.45, 7) is 13.2. The molecule has 6 nitrogen and oxygen atoms in total. The standard InChI is InChI=1S/C43H85NO5/c1-5-8-11-14-15-19-26-38-48-42(46)31-24-23-27-40(4)32-35-44(36-37-45)34-25-18-16-17-22-30-43(47)49-39-33-41(28-20-12-9-6-2)29-21-13-10-7-3/h40-41,45H,5-39H2,1-4H3. The highest BCUT2D eigenvalue weighted by Crippen LogP contribution is 2.22. The molecule has 0 aromatic heterocycles. The Hall–Kier alpha value is -1.14. The number of carbonyl (C=O) groups excluding carboxylic acids is 2.